The molecule has 0 saturated carbocycles. The number of hydrogen-bond acceptors (Lipinski definition) is 2. The molecule has 2 aromatic heterocycles. The van der Waals surface area contributed by atoms with E-state index in [0.29, 0.717) is 0 Å². The van der Waals surface area contributed by atoms with Gasteiger partial charge in [-0.3, -0.25) is 0 Å². The van der Waals surface area contributed by atoms with Crippen molar-refractivity contribution in [3.63, 3.8) is 0 Å². The lowest BCUT2D eigenvalue weighted by atomic mass is 10.1. The molecule has 0 atom stereocenters. The molecule has 0 fully saturated rings. The van der Waals surface area contributed by atoms with Gasteiger partial charge in [0.2, 0.25) is 0 Å². The van der Waals surface area contributed by atoms with E-state index >= 15 is 0 Å². The number of halogens is 1. The molecule has 0 bridgehead atoms. The normalized spacial score (nSPS) is 10.8. The first-order chi connectivity index (χ1) is 5.88. The van der Waals surface area contributed by atoms with Gasteiger partial charge in [0.15, 0.2) is 0 Å². The van der Waals surface area contributed by atoms with Gasteiger partial charge in [0, 0.05) is 0 Å². The summed E-state index contributed by atoms with van der Waals surface area (Å²) >= 11 is 9.60. The lowest BCUT2D eigenvalue weighted by molar-refractivity contribution is 1.17. The number of alkyl halides is 1. The highest BCUT2D eigenvalue weighted by molar-refractivity contribution is 7.08. The van der Waals surface area contributed by atoms with Crippen molar-refractivity contribution < 1.29 is 0 Å². The van der Waals surface area contributed by atoms with Crippen LogP contribution in [0.25, 0.3) is 0 Å². The Balaban J connectivity index is 2.27. The van der Waals surface area contributed by atoms with Gasteiger partial charge < -0.3 is 0 Å². The van der Waals surface area contributed by atoms with E-state index in [9.17, 15) is 0 Å². The molecule has 0 aliphatic heterocycles. The fraction of sp³-hybridized carbons (Fsp3) is 0.111. The van der Waals surface area contributed by atoms with E-state index < -0.39 is 0 Å². The fourth-order valence-electron chi connectivity index (χ4n) is 1.03. The zero-order chi connectivity index (χ0) is 8.39. The van der Waals surface area contributed by atoms with Crippen molar-refractivity contribution in [2.75, 3.05) is 0 Å². The van der Waals surface area contributed by atoms with Crippen LogP contribution in [0.2, 0.25) is 0 Å². The third-order valence-corrected chi connectivity index (χ3v) is 3.58. The molecule has 3 heteroatoms. The predicted molar refractivity (Wildman–Crippen MR) is 56.3 cm³/mol. The van der Waals surface area contributed by atoms with Gasteiger partial charge in [-0.2, -0.15) is 22.7 Å². The van der Waals surface area contributed by atoms with Crippen molar-refractivity contribution in [1.82, 2.24) is 0 Å². The average molecular weight is 215 g/mol. The smallest absolute Gasteiger partial charge is 0.0851 e. The first kappa shape index (κ1) is 8.30. The molecule has 2 heterocycles. The molecule has 0 aliphatic carbocycles. The van der Waals surface area contributed by atoms with Crippen molar-refractivity contribution in [1.29, 1.82) is 0 Å². The summed E-state index contributed by atoms with van der Waals surface area (Å²) in [7, 11) is 0. The first-order valence-corrected chi connectivity index (χ1v) is 5.88. The van der Waals surface area contributed by atoms with Crippen molar-refractivity contribution >= 4 is 34.3 Å². The van der Waals surface area contributed by atoms with Crippen LogP contribution in [0.5, 0.6) is 0 Å². The summed E-state index contributed by atoms with van der Waals surface area (Å²) in [5.74, 6) is 0. The number of thiophene rings is 2. The van der Waals surface area contributed by atoms with E-state index in [1.807, 2.05) is 0 Å². The van der Waals surface area contributed by atoms with E-state index in [1.165, 1.54) is 11.1 Å². The minimum atomic E-state index is 0.0301. The van der Waals surface area contributed by atoms with E-state index in [4.69, 9.17) is 11.6 Å². The van der Waals surface area contributed by atoms with Crippen LogP contribution >= 0.6 is 34.3 Å². The van der Waals surface area contributed by atoms with Crippen LogP contribution in [0.15, 0.2) is 33.7 Å². The van der Waals surface area contributed by atoms with Gasteiger partial charge in [0.1, 0.15) is 0 Å². The summed E-state index contributed by atoms with van der Waals surface area (Å²) in [6, 6.07) is 4.14. The molecule has 62 valence electrons. The largest absolute Gasteiger partial charge is 0.152 e. The van der Waals surface area contributed by atoms with Crippen LogP contribution in [0.1, 0.15) is 16.5 Å². The fourth-order valence-corrected chi connectivity index (χ4v) is 2.82. The lowest BCUT2D eigenvalue weighted by Gasteiger charge is -2.03. The highest BCUT2D eigenvalue weighted by Gasteiger charge is 2.10. The molecule has 0 amide bonds. The Morgan fingerprint density at radius 2 is 1.50 bits per heavy atom. The monoisotopic (exact) mass is 214 g/mol. The summed E-state index contributed by atoms with van der Waals surface area (Å²) in [4.78, 5) is 0. The Bertz CT molecular complexity index is 289. The summed E-state index contributed by atoms with van der Waals surface area (Å²) in [6.07, 6.45) is 0. The maximum Gasteiger partial charge on any atom is 0.0851 e. The Labute approximate surface area is 84.4 Å². The molecule has 0 radical (unpaired) electrons. The van der Waals surface area contributed by atoms with Crippen LogP contribution in [-0.2, 0) is 0 Å². The van der Waals surface area contributed by atoms with Crippen molar-refractivity contribution in [3.05, 3.63) is 44.8 Å². The number of rotatable bonds is 2. The third-order valence-electron chi connectivity index (χ3n) is 1.67. The molecule has 2 aromatic rings. The van der Waals surface area contributed by atoms with Crippen LogP contribution < -0.4 is 0 Å². The first-order valence-electron chi connectivity index (χ1n) is 3.56. The van der Waals surface area contributed by atoms with Gasteiger partial charge in [0.05, 0.1) is 5.38 Å². The molecule has 2 rings (SSSR count). The maximum atomic E-state index is 6.23. The molecule has 0 spiro atoms. The van der Waals surface area contributed by atoms with Crippen molar-refractivity contribution in [2.45, 2.75) is 5.38 Å². The minimum Gasteiger partial charge on any atom is -0.152 e. The molecule has 0 aliphatic rings. The second kappa shape index (κ2) is 3.60. The highest BCUT2D eigenvalue weighted by Crippen LogP contribution is 2.31. The summed E-state index contributed by atoms with van der Waals surface area (Å²) in [6.45, 7) is 0. The molecule has 0 N–H and O–H groups in total. The maximum absolute atomic E-state index is 6.23. The Morgan fingerprint density at radius 3 is 1.83 bits per heavy atom. The molecule has 0 aromatic carbocycles. The van der Waals surface area contributed by atoms with Gasteiger partial charge in [-0.1, -0.05) is 0 Å². The van der Waals surface area contributed by atoms with E-state index in [-0.39, 0.29) is 5.38 Å². The van der Waals surface area contributed by atoms with Crippen LogP contribution in [0, 0.1) is 0 Å². The standard InChI is InChI=1S/C9H7ClS2/c10-9(7-1-3-11-5-7)8-2-4-12-6-8/h1-6,9H. The Kier molecular flexibility index (Phi) is 2.49. The summed E-state index contributed by atoms with van der Waals surface area (Å²) < 4.78 is 0. The van der Waals surface area contributed by atoms with Gasteiger partial charge in [0.25, 0.3) is 0 Å². The minimum absolute atomic E-state index is 0.0301. The van der Waals surface area contributed by atoms with Gasteiger partial charge in [-0.05, 0) is 44.8 Å². The highest BCUT2D eigenvalue weighted by atomic mass is 35.5. The van der Waals surface area contributed by atoms with E-state index in [1.54, 1.807) is 22.7 Å². The van der Waals surface area contributed by atoms with Crippen LogP contribution in [0.4, 0.5) is 0 Å². The molecule has 0 nitrogen and oxygen atoms in total. The van der Waals surface area contributed by atoms with Crippen LogP contribution in [0.3, 0.4) is 0 Å². The summed E-state index contributed by atoms with van der Waals surface area (Å²) in [5, 5.41) is 8.32. The van der Waals surface area contributed by atoms with E-state index in [2.05, 4.69) is 33.7 Å². The molecular weight excluding hydrogens is 208 g/mol. The van der Waals surface area contributed by atoms with Crippen molar-refractivity contribution in [3.8, 4) is 0 Å². The zero-order valence-electron chi connectivity index (χ0n) is 6.24. The molecular formula is C9H7ClS2. The van der Waals surface area contributed by atoms with Gasteiger partial charge in [-0.15, -0.1) is 11.6 Å². The quantitative estimate of drug-likeness (QED) is 0.660. The number of hydrogen-bond donors (Lipinski definition) is 0. The third kappa shape index (κ3) is 1.56. The Morgan fingerprint density at radius 1 is 1.00 bits per heavy atom. The predicted octanol–water partition coefficient (Wildman–Crippen LogP) is 4.14. The SMILES string of the molecule is ClC(c1ccsc1)c1ccsc1. The van der Waals surface area contributed by atoms with E-state index in [0.717, 1.165) is 0 Å². The molecule has 0 saturated heterocycles. The van der Waals surface area contributed by atoms with Gasteiger partial charge >= 0.3 is 0 Å². The molecule has 0 unspecified atom stereocenters. The summed E-state index contributed by atoms with van der Waals surface area (Å²) in [5.41, 5.74) is 2.39. The zero-order valence-corrected chi connectivity index (χ0v) is 8.62. The molecule has 12 heavy (non-hydrogen) atoms. The Hall–Kier alpha value is -0.310. The van der Waals surface area contributed by atoms with Crippen LogP contribution in [-0.4, -0.2) is 0 Å². The topological polar surface area (TPSA) is 0 Å². The lowest BCUT2D eigenvalue weighted by Crippen LogP contribution is -1.86. The van der Waals surface area contributed by atoms with Gasteiger partial charge in [-0.25, -0.2) is 0 Å². The second-order valence-corrected chi connectivity index (χ2v) is 4.47. The second-order valence-electron chi connectivity index (χ2n) is 2.48. The average Bonchev–Trinajstić information content (AvgIpc) is 2.77. The van der Waals surface area contributed by atoms with Crippen molar-refractivity contribution in [2.24, 2.45) is 0 Å².